The summed E-state index contributed by atoms with van der Waals surface area (Å²) >= 11 is 0. The number of anilines is 1. The highest BCUT2D eigenvalue weighted by atomic mass is 16.4. The van der Waals surface area contributed by atoms with Gasteiger partial charge in [0.25, 0.3) is 5.91 Å². The van der Waals surface area contributed by atoms with Gasteiger partial charge in [-0.25, -0.2) is 4.79 Å². The van der Waals surface area contributed by atoms with Gasteiger partial charge in [-0.1, -0.05) is 24.3 Å². The van der Waals surface area contributed by atoms with Crippen molar-refractivity contribution in [1.82, 2.24) is 9.88 Å². The minimum Gasteiger partial charge on any atom is -0.459 e. The Hall–Kier alpha value is -4.07. The molecule has 1 atom stereocenters. The summed E-state index contributed by atoms with van der Waals surface area (Å²) in [5.74, 6) is -0.996. The zero-order valence-corrected chi connectivity index (χ0v) is 16.1. The molecule has 30 heavy (non-hydrogen) atoms. The van der Waals surface area contributed by atoms with Crippen LogP contribution in [0.4, 0.5) is 5.69 Å². The molecule has 2 amide bonds. The number of hydrogen-bond acceptors (Lipinski definition) is 5. The first-order valence-corrected chi connectivity index (χ1v) is 9.34. The lowest BCUT2D eigenvalue weighted by Crippen LogP contribution is -2.34. The Bertz CT molecular complexity index is 1240. The fourth-order valence-corrected chi connectivity index (χ4v) is 3.11. The van der Waals surface area contributed by atoms with Crippen LogP contribution < -0.4 is 16.4 Å². The van der Waals surface area contributed by atoms with Gasteiger partial charge in [-0.3, -0.25) is 14.2 Å². The average molecular weight is 405 g/mol. The maximum atomic E-state index is 12.6. The smallest absolute Gasteiger partial charge is 0.420 e. The van der Waals surface area contributed by atoms with Crippen LogP contribution in [0.3, 0.4) is 0 Å². The van der Waals surface area contributed by atoms with Crippen LogP contribution in [-0.4, -0.2) is 16.4 Å². The quantitative estimate of drug-likeness (QED) is 0.512. The molecule has 2 aromatic heterocycles. The van der Waals surface area contributed by atoms with Gasteiger partial charge in [0.1, 0.15) is 6.04 Å². The van der Waals surface area contributed by atoms with Crippen LogP contribution in [-0.2, 0) is 11.3 Å². The van der Waals surface area contributed by atoms with E-state index < -0.39 is 11.8 Å². The van der Waals surface area contributed by atoms with Gasteiger partial charge in [0.05, 0.1) is 11.8 Å². The van der Waals surface area contributed by atoms with Crippen molar-refractivity contribution in [3.63, 3.8) is 0 Å². The van der Waals surface area contributed by atoms with Gasteiger partial charge >= 0.3 is 5.76 Å². The van der Waals surface area contributed by atoms with Crippen molar-refractivity contribution in [1.29, 1.82) is 0 Å². The highest BCUT2D eigenvalue weighted by Crippen LogP contribution is 2.17. The molecule has 1 unspecified atom stereocenters. The third kappa shape index (κ3) is 3.88. The largest absolute Gasteiger partial charge is 0.459 e. The number of amides is 2. The van der Waals surface area contributed by atoms with Crippen LogP contribution in [0.25, 0.3) is 11.1 Å². The SMILES string of the molecule is CC(C(=O)NCc1ccc(NC(=O)c2ccco2)cc1)n1c(=O)oc2ccccc21. The van der Waals surface area contributed by atoms with Gasteiger partial charge in [-0.05, 0) is 48.9 Å². The van der Waals surface area contributed by atoms with E-state index in [1.165, 1.54) is 10.8 Å². The molecule has 8 nitrogen and oxygen atoms in total. The van der Waals surface area contributed by atoms with Gasteiger partial charge in [-0.2, -0.15) is 0 Å². The molecule has 0 bridgehead atoms. The lowest BCUT2D eigenvalue weighted by Gasteiger charge is -2.13. The lowest BCUT2D eigenvalue weighted by molar-refractivity contribution is -0.124. The average Bonchev–Trinajstić information content (AvgIpc) is 3.40. The van der Waals surface area contributed by atoms with E-state index in [1.54, 1.807) is 67.6 Å². The van der Waals surface area contributed by atoms with Crippen LogP contribution in [0, 0.1) is 0 Å². The molecule has 152 valence electrons. The molecule has 8 heteroatoms. The van der Waals surface area contributed by atoms with Crippen molar-refractivity contribution in [3.8, 4) is 0 Å². The first-order valence-electron chi connectivity index (χ1n) is 9.34. The molecule has 0 fully saturated rings. The van der Waals surface area contributed by atoms with Gasteiger partial charge in [-0.15, -0.1) is 0 Å². The third-order valence-electron chi connectivity index (χ3n) is 4.71. The maximum Gasteiger partial charge on any atom is 0.420 e. The number of fused-ring (bicyclic) bond motifs is 1. The summed E-state index contributed by atoms with van der Waals surface area (Å²) in [7, 11) is 0. The van der Waals surface area contributed by atoms with Gasteiger partial charge < -0.3 is 19.5 Å². The van der Waals surface area contributed by atoms with Crippen molar-refractivity contribution < 1.29 is 18.4 Å². The molecule has 0 spiro atoms. The van der Waals surface area contributed by atoms with Crippen LogP contribution in [0.15, 0.2) is 80.6 Å². The Labute approximate surface area is 171 Å². The molecule has 4 rings (SSSR count). The number of rotatable bonds is 6. The molecule has 2 aromatic carbocycles. The second-order valence-electron chi connectivity index (χ2n) is 6.73. The fraction of sp³-hybridized carbons (Fsp3) is 0.136. The van der Waals surface area contributed by atoms with Crippen LogP contribution in [0.1, 0.15) is 29.1 Å². The Balaban J connectivity index is 1.38. The van der Waals surface area contributed by atoms with E-state index in [0.717, 1.165) is 5.56 Å². The summed E-state index contributed by atoms with van der Waals surface area (Å²) < 4.78 is 11.6. The molecular formula is C22H19N3O5. The Morgan fingerprint density at radius 1 is 1.03 bits per heavy atom. The summed E-state index contributed by atoms with van der Waals surface area (Å²) in [5, 5.41) is 5.55. The predicted molar refractivity (Wildman–Crippen MR) is 110 cm³/mol. The standard InChI is InChI=1S/C22H19N3O5/c1-14(25-17-5-2-3-6-18(17)30-22(25)28)20(26)23-13-15-8-10-16(11-9-15)24-21(27)19-7-4-12-29-19/h2-12,14H,13H2,1H3,(H,23,26)(H,24,27). The monoisotopic (exact) mass is 405 g/mol. The first kappa shape index (κ1) is 19.3. The van der Waals surface area contributed by atoms with Crippen molar-refractivity contribution in [2.75, 3.05) is 5.32 Å². The van der Waals surface area contributed by atoms with Crippen molar-refractivity contribution in [2.24, 2.45) is 0 Å². The molecule has 0 radical (unpaired) electrons. The van der Waals surface area contributed by atoms with E-state index in [-0.39, 0.29) is 24.1 Å². The Morgan fingerprint density at radius 2 is 1.80 bits per heavy atom. The highest BCUT2D eigenvalue weighted by Gasteiger charge is 2.21. The third-order valence-corrected chi connectivity index (χ3v) is 4.71. The first-order chi connectivity index (χ1) is 14.5. The van der Waals surface area contributed by atoms with Gasteiger partial charge in [0, 0.05) is 12.2 Å². The summed E-state index contributed by atoms with van der Waals surface area (Å²) in [6.07, 6.45) is 1.43. The normalized spacial score (nSPS) is 11.9. The second kappa shape index (κ2) is 8.12. The Morgan fingerprint density at radius 3 is 2.53 bits per heavy atom. The number of carbonyl (C=O) groups is 2. The number of oxazole rings is 1. The number of hydrogen-bond donors (Lipinski definition) is 2. The number of para-hydroxylation sites is 2. The van der Waals surface area contributed by atoms with Crippen LogP contribution >= 0.6 is 0 Å². The Kier molecular flexibility index (Phi) is 5.21. The zero-order valence-electron chi connectivity index (χ0n) is 16.1. The predicted octanol–water partition coefficient (Wildman–Crippen LogP) is 3.32. The lowest BCUT2D eigenvalue weighted by atomic mass is 10.2. The molecule has 0 saturated heterocycles. The molecule has 4 aromatic rings. The van der Waals surface area contributed by atoms with E-state index in [0.29, 0.717) is 16.8 Å². The van der Waals surface area contributed by atoms with E-state index in [4.69, 9.17) is 8.83 Å². The highest BCUT2D eigenvalue weighted by molar-refractivity contribution is 6.02. The number of aromatic nitrogens is 1. The number of carbonyl (C=O) groups excluding carboxylic acids is 2. The zero-order chi connectivity index (χ0) is 21.1. The molecule has 0 aliphatic rings. The number of nitrogens with one attached hydrogen (secondary N) is 2. The minimum absolute atomic E-state index is 0.224. The number of benzene rings is 2. The van der Waals surface area contributed by atoms with Crippen molar-refractivity contribution in [3.05, 3.63) is 88.8 Å². The van der Waals surface area contributed by atoms with E-state index >= 15 is 0 Å². The summed E-state index contributed by atoms with van der Waals surface area (Å²) in [6, 6.07) is 16.5. The van der Waals surface area contributed by atoms with Gasteiger partial charge in [0.15, 0.2) is 11.3 Å². The van der Waals surface area contributed by atoms with E-state index in [2.05, 4.69) is 10.6 Å². The molecule has 0 aliphatic heterocycles. The van der Waals surface area contributed by atoms with Crippen molar-refractivity contribution >= 4 is 28.6 Å². The molecular weight excluding hydrogens is 386 g/mol. The van der Waals surface area contributed by atoms with Gasteiger partial charge in [0.2, 0.25) is 5.91 Å². The molecule has 0 aliphatic carbocycles. The fourth-order valence-electron chi connectivity index (χ4n) is 3.11. The summed E-state index contributed by atoms with van der Waals surface area (Å²) in [4.78, 5) is 36.7. The molecule has 2 N–H and O–H groups in total. The molecule has 0 saturated carbocycles. The minimum atomic E-state index is -0.729. The van der Waals surface area contributed by atoms with Crippen LogP contribution in [0.5, 0.6) is 0 Å². The summed E-state index contributed by atoms with van der Waals surface area (Å²) in [6.45, 7) is 1.92. The van der Waals surface area contributed by atoms with E-state index in [9.17, 15) is 14.4 Å². The summed E-state index contributed by atoms with van der Waals surface area (Å²) in [5.41, 5.74) is 2.46. The second-order valence-corrected chi connectivity index (χ2v) is 6.73. The maximum absolute atomic E-state index is 12.6. The topological polar surface area (TPSA) is 106 Å². The van der Waals surface area contributed by atoms with Crippen molar-refractivity contribution in [2.45, 2.75) is 19.5 Å². The number of furan rings is 1. The van der Waals surface area contributed by atoms with E-state index in [1.807, 2.05) is 0 Å². The number of nitrogens with zero attached hydrogens (tertiary/aromatic N) is 1. The molecule has 2 heterocycles. The van der Waals surface area contributed by atoms with Crippen LogP contribution in [0.2, 0.25) is 0 Å².